The van der Waals surface area contributed by atoms with Gasteiger partial charge in [-0.05, 0) is 35.9 Å². The van der Waals surface area contributed by atoms with Gasteiger partial charge in [0.1, 0.15) is 0 Å². The van der Waals surface area contributed by atoms with Crippen LogP contribution in [0.4, 0.5) is 0 Å². The second-order valence-corrected chi connectivity index (χ2v) is 4.79. The van der Waals surface area contributed by atoms with E-state index in [1.165, 1.54) is 12.1 Å². The van der Waals surface area contributed by atoms with Crippen LogP contribution in [0.15, 0.2) is 29.2 Å². The van der Waals surface area contributed by atoms with Gasteiger partial charge in [-0.3, -0.25) is 0 Å². The molecule has 1 aromatic carbocycles. The topological polar surface area (TPSA) is 66.4 Å². The van der Waals surface area contributed by atoms with Crippen molar-refractivity contribution in [3.63, 3.8) is 0 Å². The monoisotopic (exact) mass is 235 g/mol. The molecule has 0 fully saturated rings. The van der Waals surface area contributed by atoms with Gasteiger partial charge in [0, 0.05) is 6.61 Å². The van der Waals surface area contributed by atoms with Crippen LogP contribution in [-0.2, 0) is 16.4 Å². The summed E-state index contributed by atoms with van der Waals surface area (Å²) in [7, 11) is -3.58. The first-order chi connectivity index (χ1) is 6.60. The minimum Gasteiger partial charge on any atom is -0.396 e. The maximum atomic E-state index is 11.2. The van der Waals surface area contributed by atoms with Crippen LogP contribution in [0.25, 0.3) is 0 Å². The third-order valence-electron chi connectivity index (χ3n) is 1.74. The summed E-state index contributed by atoms with van der Waals surface area (Å²) < 4.78 is 24.1. The van der Waals surface area contributed by atoms with E-state index in [1.54, 1.807) is 16.4 Å². The lowest BCUT2D eigenvalue weighted by molar-refractivity contribution is 0.299. The predicted octanol–water partition coefficient (Wildman–Crippen LogP) is 0.654. The Kier molecular flexibility index (Phi) is 3.88. The van der Waals surface area contributed by atoms with E-state index in [2.05, 4.69) is 0 Å². The van der Waals surface area contributed by atoms with E-state index in [0.717, 1.165) is 5.56 Å². The average molecular weight is 236 g/mol. The van der Waals surface area contributed by atoms with Crippen LogP contribution < -0.4 is 4.24 Å². The fourth-order valence-electron chi connectivity index (χ4n) is 1.01. The predicted molar refractivity (Wildman–Crippen MR) is 53.4 cm³/mol. The molecule has 6 heteroatoms. The van der Waals surface area contributed by atoms with Gasteiger partial charge < -0.3 is 5.11 Å². The quantitative estimate of drug-likeness (QED) is 0.754. The number of hydrogen-bond acceptors (Lipinski definition) is 3. The Hall–Kier alpha value is -0.620. The van der Waals surface area contributed by atoms with E-state index >= 15 is 0 Å². The third kappa shape index (κ3) is 2.68. The van der Waals surface area contributed by atoms with Crippen LogP contribution in [-0.4, -0.2) is 20.1 Å². The molecule has 0 aliphatic carbocycles. The van der Waals surface area contributed by atoms with Crippen LogP contribution in [0.2, 0.25) is 0 Å². The molecular formula is C8H10ClNO3S. The van der Waals surface area contributed by atoms with E-state index in [-0.39, 0.29) is 11.5 Å². The second kappa shape index (κ2) is 4.75. The first kappa shape index (κ1) is 11.5. The molecule has 0 radical (unpaired) electrons. The number of hydrogen-bond donors (Lipinski definition) is 2. The van der Waals surface area contributed by atoms with E-state index < -0.39 is 10.0 Å². The molecule has 0 aliphatic rings. The molecule has 14 heavy (non-hydrogen) atoms. The van der Waals surface area contributed by atoms with Crippen molar-refractivity contribution in [1.29, 1.82) is 0 Å². The van der Waals surface area contributed by atoms with Crippen LogP contribution in [0.1, 0.15) is 5.56 Å². The molecule has 78 valence electrons. The van der Waals surface area contributed by atoms with Crippen molar-refractivity contribution in [2.24, 2.45) is 0 Å². The maximum Gasteiger partial charge on any atom is 0.253 e. The molecule has 0 saturated heterocycles. The van der Waals surface area contributed by atoms with Gasteiger partial charge >= 0.3 is 0 Å². The van der Waals surface area contributed by atoms with E-state index in [4.69, 9.17) is 16.9 Å². The summed E-state index contributed by atoms with van der Waals surface area (Å²) in [5.41, 5.74) is 0.876. The molecule has 0 unspecified atom stereocenters. The van der Waals surface area contributed by atoms with Crippen molar-refractivity contribution in [2.45, 2.75) is 11.3 Å². The van der Waals surface area contributed by atoms with Gasteiger partial charge in [-0.2, -0.15) is 0 Å². The molecular weight excluding hydrogens is 226 g/mol. The average Bonchev–Trinajstić information content (AvgIpc) is 2.19. The largest absolute Gasteiger partial charge is 0.396 e. The molecule has 0 amide bonds. The molecule has 0 atom stereocenters. The lowest BCUT2D eigenvalue weighted by Crippen LogP contribution is -2.13. The van der Waals surface area contributed by atoms with Gasteiger partial charge in [0.2, 0.25) is 0 Å². The van der Waals surface area contributed by atoms with Crippen LogP contribution >= 0.6 is 11.8 Å². The summed E-state index contributed by atoms with van der Waals surface area (Å²) in [5, 5.41) is 8.64. The van der Waals surface area contributed by atoms with E-state index in [9.17, 15) is 8.42 Å². The number of aliphatic hydroxyl groups excluding tert-OH is 1. The summed E-state index contributed by atoms with van der Waals surface area (Å²) in [6.45, 7) is 0.0415. The van der Waals surface area contributed by atoms with Crippen molar-refractivity contribution in [2.75, 3.05) is 6.61 Å². The molecule has 0 saturated carbocycles. The Labute approximate surface area is 87.7 Å². The molecule has 0 bridgehead atoms. The highest BCUT2D eigenvalue weighted by molar-refractivity contribution is 7.90. The molecule has 0 heterocycles. The minimum atomic E-state index is -3.58. The molecule has 1 aromatic rings. The zero-order valence-electron chi connectivity index (χ0n) is 7.27. The number of sulfonamides is 1. The smallest absolute Gasteiger partial charge is 0.253 e. The minimum absolute atomic E-state index is 0.0415. The van der Waals surface area contributed by atoms with Crippen LogP contribution in [0.5, 0.6) is 0 Å². The number of aliphatic hydroxyl groups is 1. The Morgan fingerprint density at radius 2 is 1.86 bits per heavy atom. The first-order valence-electron chi connectivity index (χ1n) is 3.92. The number of benzene rings is 1. The SMILES string of the molecule is O=S(=O)(NCl)c1ccc(CCO)cc1. The van der Waals surface area contributed by atoms with Gasteiger partial charge in [-0.1, -0.05) is 12.1 Å². The fourth-order valence-corrected chi connectivity index (χ4v) is 1.86. The number of rotatable bonds is 4. The van der Waals surface area contributed by atoms with Crippen LogP contribution in [0, 0.1) is 0 Å². The van der Waals surface area contributed by atoms with Gasteiger partial charge in [0.15, 0.2) is 0 Å². The van der Waals surface area contributed by atoms with Crippen molar-refractivity contribution in [3.8, 4) is 0 Å². The highest BCUT2D eigenvalue weighted by atomic mass is 35.5. The summed E-state index contributed by atoms with van der Waals surface area (Å²) >= 11 is 5.05. The lowest BCUT2D eigenvalue weighted by Gasteiger charge is -2.02. The summed E-state index contributed by atoms with van der Waals surface area (Å²) in [6, 6.07) is 6.15. The van der Waals surface area contributed by atoms with Gasteiger partial charge in [-0.15, -0.1) is 4.24 Å². The Bertz CT molecular complexity index is 388. The first-order valence-corrected chi connectivity index (χ1v) is 5.78. The van der Waals surface area contributed by atoms with Gasteiger partial charge in [0.25, 0.3) is 10.0 Å². The summed E-state index contributed by atoms with van der Waals surface area (Å²) in [4.78, 5) is 0.106. The molecule has 0 aliphatic heterocycles. The third-order valence-corrected chi connectivity index (χ3v) is 3.44. The fraction of sp³-hybridized carbons (Fsp3) is 0.250. The van der Waals surface area contributed by atoms with Gasteiger partial charge in [-0.25, -0.2) is 8.42 Å². The molecule has 0 aromatic heterocycles. The Morgan fingerprint density at radius 3 is 2.29 bits per heavy atom. The highest BCUT2D eigenvalue weighted by Crippen LogP contribution is 2.10. The number of halogens is 1. The zero-order chi connectivity index (χ0) is 10.6. The van der Waals surface area contributed by atoms with Crippen molar-refractivity contribution < 1.29 is 13.5 Å². The zero-order valence-corrected chi connectivity index (χ0v) is 8.85. The standard InChI is InChI=1S/C8H10ClNO3S/c9-10-14(12,13)8-3-1-7(2-4-8)5-6-11/h1-4,10-11H,5-6H2. The van der Waals surface area contributed by atoms with E-state index in [0.29, 0.717) is 6.42 Å². The molecule has 1 rings (SSSR count). The molecule has 4 nitrogen and oxygen atoms in total. The Morgan fingerprint density at radius 1 is 1.29 bits per heavy atom. The number of nitrogens with one attached hydrogen (secondary N) is 1. The molecule has 0 spiro atoms. The second-order valence-electron chi connectivity index (χ2n) is 2.70. The van der Waals surface area contributed by atoms with Crippen molar-refractivity contribution in [3.05, 3.63) is 29.8 Å². The Balaban J connectivity index is 2.94. The normalized spacial score (nSPS) is 11.6. The molecule has 2 N–H and O–H groups in total. The van der Waals surface area contributed by atoms with E-state index in [1.807, 2.05) is 0 Å². The van der Waals surface area contributed by atoms with Crippen molar-refractivity contribution in [1.82, 2.24) is 4.24 Å². The van der Waals surface area contributed by atoms with Crippen molar-refractivity contribution >= 4 is 21.8 Å². The van der Waals surface area contributed by atoms with Gasteiger partial charge in [0.05, 0.1) is 4.90 Å². The summed E-state index contributed by atoms with van der Waals surface area (Å²) in [6.07, 6.45) is 0.509. The summed E-state index contributed by atoms with van der Waals surface area (Å²) in [5.74, 6) is 0. The van der Waals surface area contributed by atoms with Crippen LogP contribution in [0.3, 0.4) is 0 Å². The lowest BCUT2D eigenvalue weighted by atomic mass is 10.2. The highest BCUT2D eigenvalue weighted by Gasteiger charge is 2.11. The maximum absolute atomic E-state index is 11.2.